The number of likely N-dealkylation sites (tertiary alicyclic amines) is 2. The fourth-order valence-electron chi connectivity index (χ4n) is 4.51. The Labute approximate surface area is 196 Å². The maximum Gasteiger partial charge on any atom is 0.409 e. The number of rotatable bonds is 5. The third kappa shape index (κ3) is 6.12. The standard InChI is InChI=1S/C23H30F3N3O5/c1-23(2,3)34-21(31)27-15(7-14-8-17(25)18(26)10-16(14)24)9-20(30)29-6-5-13-11-28(12-19(13)29)22(32)33-4/h8,10,13,15,19H,5-7,9,11-12H2,1-4H3,(H,27,31)/t13-,15+,19+/m0/s1. The van der Waals surface area contributed by atoms with Crippen LogP contribution in [-0.4, -0.2) is 72.3 Å². The van der Waals surface area contributed by atoms with Crippen LogP contribution in [0.15, 0.2) is 12.1 Å². The first-order valence-corrected chi connectivity index (χ1v) is 11.1. The van der Waals surface area contributed by atoms with Crippen molar-refractivity contribution in [3.8, 4) is 0 Å². The average Bonchev–Trinajstić information content (AvgIpc) is 3.30. The molecule has 188 valence electrons. The monoisotopic (exact) mass is 485 g/mol. The third-order valence-corrected chi connectivity index (χ3v) is 6.00. The van der Waals surface area contributed by atoms with Gasteiger partial charge in [-0.2, -0.15) is 0 Å². The Hall–Kier alpha value is -2.98. The van der Waals surface area contributed by atoms with Crippen LogP contribution in [0.5, 0.6) is 0 Å². The molecule has 8 nitrogen and oxygen atoms in total. The number of nitrogens with one attached hydrogen (secondary N) is 1. The van der Waals surface area contributed by atoms with Crippen LogP contribution in [0.4, 0.5) is 22.8 Å². The van der Waals surface area contributed by atoms with Crippen LogP contribution in [0.3, 0.4) is 0 Å². The van der Waals surface area contributed by atoms with Gasteiger partial charge in [0.25, 0.3) is 0 Å². The SMILES string of the molecule is COC(=O)N1C[C@@H]2CCN(C(=O)C[C@@H](Cc3cc(F)c(F)cc3F)NC(=O)OC(C)(C)C)[C@@H]2C1. The summed E-state index contributed by atoms with van der Waals surface area (Å²) in [6, 6.07) is 0.0329. The number of nitrogens with zero attached hydrogens (tertiary/aromatic N) is 2. The molecule has 0 aliphatic carbocycles. The minimum atomic E-state index is -1.33. The van der Waals surface area contributed by atoms with Gasteiger partial charge in [-0.1, -0.05) is 0 Å². The summed E-state index contributed by atoms with van der Waals surface area (Å²) in [4.78, 5) is 40.6. The largest absolute Gasteiger partial charge is 0.453 e. The van der Waals surface area contributed by atoms with Crippen LogP contribution in [0, 0.1) is 23.4 Å². The summed E-state index contributed by atoms with van der Waals surface area (Å²) in [5, 5.41) is 2.56. The van der Waals surface area contributed by atoms with E-state index in [1.54, 1.807) is 30.6 Å². The molecule has 2 heterocycles. The van der Waals surface area contributed by atoms with E-state index in [9.17, 15) is 27.6 Å². The lowest BCUT2D eigenvalue weighted by atomic mass is 10.0. The van der Waals surface area contributed by atoms with Crippen molar-refractivity contribution in [2.45, 2.75) is 57.7 Å². The number of ether oxygens (including phenoxy) is 2. The summed E-state index contributed by atoms with van der Waals surface area (Å²) in [6.45, 7) is 6.31. The fraction of sp³-hybridized carbons (Fsp3) is 0.609. The highest BCUT2D eigenvalue weighted by Crippen LogP contribution is 2.32. The number of amides is 3. The van der Waals surface area contributed by atoms with Crippen molar-refractivity contribution >= 4 is 18.1 Å². The molecule has 3 amide bonds. The van der Waals surface area contributed by atoms with E-state index in [-0.39, 0.29) is 36.3 Å². The second-order valence-electron chi connectivity index (χ2n) is 9.69. The fourth-order valence-corrected chi connectivity index (χ4v) is 4.51. The Morgan fingerprint density at radius 1 is 1.12 bits per heavy atom. The lowest BCUT2D eigenvalue weighted by molar-refractivity contribution is -0.132. The minimum absolute atomic E-state index is 0.115. The molecule has 2 aliphatic rings. The highest BCUT2D eigenvalue weighted by Gasteiger charge is 2.45. The molecule has 2 aliphatic heterocycles. The Morgan fingerprint density at radius 2 is 1.79 bits per heavy atom. The van der Waals surface area contributed by atoms with E-state index < -0.39 is 41.3 Å². The smallest absolute Gasteiger partial charge is 0.409 e. The predicted molar refractivity (Wildman–Crippen MR) is 115 cm³/mol. The van der Waals surface area contributed by atoms with Crippen molar-refractivity contribution < 1.29 is 37.0 Å². The number of carbonyl (C=O) groups is 3. The number of benzene rings is 1. The molecular weight excluding hydrogens is 455 g/mol. The molecule has 0 unspecified atom stereocenters. The van der Waals surface area contributed by atoms with Crippen molar-refractivity contribution in [3.05, 3.63) is 35.1 Å². The molecule has 2 fully saturated rings. The molecule has 0 radical (unpaired) electrons. The van der Waals surface area contributed by atoms with Gasteiger partial charge in [0.1, 0.15) is 11.4 Å². The second-order valence-corrected chi connectivity index (χ2v) is 9.69. The zero-order valence-electron chi connectivity index (χ0n) is 19.7. The highest BCUT2D eigenvalue weighted by atomic mass is 19.2. The molecule has 0 saturated carbocycles. The summed E-state index contributed by atoms with van der Waals surface area (Å²) < 4.78 is 51.3. The van der Waals surface area contributed by atoms with E-state index in [1.165, 1.54) is 7.11 Å². The first kappa shape index (κ1) is 25.6. The summed E-state index contributed by atoms with van der Waals surface area (Å²) in [5.41, 5.74) is -0.986. The Morgan fingerprint density at radius 3 is 2.44 bits per heavy atom. The van der Waals surface area contributed by atoms with Gasteiger partial charge in [-0.15, -0.1) is 0 Å². The van der Waals surface area contributed by atoms with E-state index in [1.807, 2.05) is 0 Å². The predicted octanol–water partition coefficient (Wildman–Crippen LogP) is 3.23. The summed E-state index contributed by atoms with van der Waals surface area (Å²) in [7, 11) is 1.30. The Kier molecular flexibility index (Phi) is 7.62. The molecule has 3 rings (SSSR count). The zero-order valence-corrected chi connectivity index (χ0v) is 19.7. The van der Waals surface area contributed by atoms with Crippen LogP contribution in [-0.2, 0) is 20.7 Å². The number of fused-ring (bicyclic) bond motifs is 1. The number of carbonyl (C=O) groups excluding carboxylic acids is 3. The maximum absolute atomic E-state index is 14.3. The topological polar surface area (TPSA) is 88.2 Å². The van der Waals surface area contributed by atoms with Crippen molar-refractivity contribution in [1.29, 1.82) is 0 Å². The first-order chi connectivity index (χ1) is 15.9. The molecule has 1 aromatic rings. The molecule has 2 saturated heterocycles. The van der Waals surface area contributed by atoms with Crippen LogP contribution < -0.4 is 5.32 Å². The van der Waals surface area contributed by atoms with E-state index in [0.29, 0.717) is 32.1 Å². The van der Waals surface area contributed by atoms with Gasteiger partial charge >= 0.3 is 12.2 Å². The molecule has 34 heavy (non-hydrogen) atoms. The maximum atomic E-state index is 14.3. The third-order valence-electron chi connectivity index (χ3n) is 6.00. The van der Waals surface area contributed by atoms with Crippen molar-refractivity contribution in [2.24, 2.45) is 5.92 Å². The van der Waals surface area contributed by atoms with Crippen molar-refractivity contribution in [1.82, 2.24) is 15.1 Å². The number of hydrogen-bond donors (Lipinski definition) is 1. The summed E-state index contributed by atoms with van der Waals surface area (Å²) in [5.74, 6) is -3.72. The first-order valence-electron chi connectivity index (χ1n) is 11.1. The van der Waals surface area contributed by atoms with Gasteiger partial charge < -0.3 is 24.6 Å². The molecule has 1 aromatic carbocycles. The Bertz CT molecular complexity index is 953. The van der Waals surface area contributed by atoms with Gasteiger partial charge in [0.15, 0.2) is 11.6 Å². The quantitative estimate of drug-likeness (QED) is 0.647. The normalized spacial score (nSPS) is 20.7. The molecule has 11 heteroatoms. The van der Waals surface area contributed by atoms with Gasteiger partial charge in [-0.3, -0.25) is 4.79 Å². The molecule has 0 spiro atoms. The van der Waals surface area contributed by atoms with E-state index in [0.717, 1.165) is 6.07 Å². The van der Waals surface area contributed by atoms with Gasteiger partial charge in [-0.25, -0.2) is 22.8 Å². The van der Waals surface area contributed by atoms with Crippen LogP contribution >= 0.6 is 0 Å². The van der Waals surface area contributed by atoms with Crippen molar-refractivity contribution in [3.63, 3.8) is 0 Å². The van der Waals surface area contributed by atoms with Crippen molar-refractivity contribution in [2.75, 3.05) is 26.7 Å². The van der Waals surface area contributed by atoms with Gasteiger partial charge in [-0.05, 0) is 45.2 Å². The van der Waals surface area contributed by atoms with Gasteiger partial charge in [0, 0.05) is 44.1 Å². The Balaban J connectivity index is 1.74. The minimum Gasteiger partial charge on any atom is -0.453 e. The lowest BCUT2D eigenvalue weighted by Crippen LogP contribution is -2.46. The molecule has 3 atom stereocenters. The number of alkyl carbamates (subject to hydrolysis) is 1. The number of halogens is 3. The van der Waals surface area contributed by atoms with E-state index >= 15 is 0 Å². The number of methoxy groups -OCH3 is 1. The van der Waals surface area contributed by atoms with Crippen LogP contribution in [0.25, 0.3) is 0 Å². The lowest BCUT2D eigenvalue weighted by Gasteiger charge is -2.28. The van der Waals surface area contributed by atoms with Gasteiger partial charge in [0.05, 0.1) is 13.2 Å². The van der Waals surface area contributed by atoms with Crippen LogP contribution in [0.2, 0.25) is 0 Å². The second kappa shape index (κ2) is 10.1. The zero-order chi connectivity index (χ0) is 25.2. The van der Waals surface area contributed by atoms with Crippen LogP contribution in [0.1, 0.15) is 39.2 Å². The van der Waals surface area contributed by atoms with Gasteiger partial charge in [0.2, 0.25) is 5.91 Å². The summed E-state index contributed by atoms with van der Waals surface area (Å²) >= 11 is 0. The van der Waals surface area contributed by atoms with E-state index in [2.05, 4.69) is 5.32 Å². The molecule has 0 bridgehead atoms. The molecule has 1 N–H and O–H groups in total. The van der Waals surface area contributed by atoms with E-state index in [4.69, 9.17) is 9.47 Å². The number of hydrogen-bond acceptors (Lipinski definition) is 5. The average molecular weight is 486 g/mol. The molecule has 0 aromatic heterocycles. The molecular formula is C23H30F3N3O5. The highest BCUT2D eigenvalue weighted by molar-refractivity contribution is 5.79. The summed E-state index contributed by atoms with van der Waals surface area (Å²) in [6.07, 6.45) is -1.01.